The van der Waals surface area contributed by atoms with Crippen molar-refractivity contribution < 1.29 is 24.5 Å². The Morgan fingerprint density at radius 3 is 1.88 bits per heavy atom. The third-order valence-corrected chi connectivity index (χ3v) is 3.83. The van der Waals surface area contributed by atoms with Gasteiger partial charge in [0.25, 0.3) is 0 Å². The SMILES string of the molecule is C=CC(=O)OCCCCCCCCCCCC.CC(=CCCO)C(=O)O. The van der Waals surface area contributed by atoms with Crippen molar-refractivity contribution in [2.24, 2.45) is 0 Å². The van der Waals surface area contributed by atoms with Gasteiger partial charge in [0.05, 0.1) is 6.61 Å². The second kappa shape index (κ2) is 21.4. The summed E-state index contributed by atoms with van der Waals surface area (Å²) in [6, 6.07) is 0. The molecule has 5 heteroatoms. The number of carbonyl (C=O) groups is 2. The molecule has 0 radical (unpaired) electrons. The topological polar surface area (TPSA) is 83.8 Å². The molecule has 0 heterocycles. The molecule has 0 bridgehead atoms. The molecule has 0 fully saturated rings. The van der Waals surface area contributed by atoms with E-state index in [1.165, 1.54) is 76.9 Å². The summed E-state index contributed by atoms with van der Waals surface area (Å²) in [7, 11) is 0. The molecule has 0 aromatic heterocycles. The molecular weight excluding hydrogens is 332 g/mol. The Morgan fingerprint density at radius 1 is 0.962 bits per heavy atom. The summed E-state index contributed by atoms with van der Waals surface area (Å²) in [5.41, 5.74) is 0.282. The smallest absolute Gasteiger partial charge is 0.330 e. The first-order chi connectivity index (χ1) is 12.5. The predicted molar refractivity (Wildman–Crippen MR) is 106 cm³/mol. The summed E-state index contributed by atoms with van der Waals surface area (Å²) in [5.74, 6) is -1.23. The van der Waals surface area contributed by atoms with E-state index in [-0.39, 0.29) is 18.1 Å². The van der Waals surface area contributed by atoms with Gasteiger partial charge in [-0.25, -0.2) is 9.59 Å². The Bertz CT molecular complexity index is 388. The summed E-state index contributed by atoms with van der Waals surface area (Å²) in [6.07, 6.45) is 16.1. The van der Waals surface area contributed by atoms with Gasteiger partial charge in [0.1, 0.15) is 0 Å². The lowest BCUT2D eigenvalue weighted by atomic mass is 10.1. The Labute approximate surface area is 159 Å². The van der Waals surface area contributed by atoms with Crippen LogP contribution in [-0.4, -0.2) is 35.4 Å². The van der Waals surface area contributed by atoms with Crippen LogP contribution in [0.5, 0.6) is 0 Å². The van der Waals surface area contributed by atoms with Gasteiger partial charge in [0.15, 0.2) is 0 Å². The molecule has 26 heavy (non-hydrogen) atoms. The highest BCUT2D eigenvalue weighted by atomic mass is 16.5. The largest absolute Gasteiger partial charge is 0.478 e. The van der Waals surface area contributed by atoms with E-state index in [0.717, 1.165) is 6.42 Å². The fraction of sp³-hybridized carbons (Fsp3) is 0.714. The van der Waals surface area contributed by atoms with Crippen LogP contribution >= 0.6 is 0 Å². The Kier molecular flexibility index (Phi) is 21.9. The molecule has 152 valence electrons. The van der Waals surface area contributed by atoms with Gasteiger partial charge in [-0.3, -0.25) is 0 Å². The second-order valence-electron chi connectivity index (χ2n) is 6.26. The highest BCUT2D eigenvalue weighted by Gasteiger charge is 1.96. The summed E-state index contributed by atoms with van der Waals surface area (Å²) < 4.78 is 4.91. The number of hydrogen-bond donors (Lipinski definition) is 2. The lowest BCUT2D eigenvalue weighted by Crippen LogP contribution is -2.01. The number of aliphatic hydroxyl groups is 1. The molecule has 0 aromatic carbocycles. The van der Waals surface area contributed by atoms with Crippen molar-refractivity contribution in [2.45, 2.75) is 84.5 Å². The number of carbonyl (C=O) groups excluding carboxylic acids is 1. The van der Waals surface area contributed by atoms with Crippen molar-refractivity contribution in [1.82, 2.24) is 0 Å². The normalized spacial score (nSPS) is 10.7. The van der Waals surface area contributed by atoms with Gasteiger partial charge in [0.2, 0.25) is 0 Å². The lowest BCUT2D eigenvalue weighted by molar-refractivity contribution is -0.138. The molecule has 0 unspecified atom stereocenters. The number of aliphatic hydroxyl groups excluding tert-OH is 1. The molecule has 0 aliphatic rings. The van der Waals surface area contributed by atoms with Crippen LogP contribution in [-0.2, 0) is 14.3 Å². The van der Waals surface area contributed by atoms with Gasteiger partial charge in [-0.05, 0) is 19.8 Å². The van der Waals surface area contributed by atoms with Crippen molar-refractivity contribution >= 4 is 11.9 Å². The van der Waals surface area contributed by atoms with Crippen molar-refractivity contribution in [3.63, 3.8) is 0 Å². The van der Waals surface area contributed by atoms with Gasteiger partial charge in [-0.1, -0.05) is 77.4 Å². The van der Waals surface area contributed by atoms with Crippen molar-refractivity contribution in [3.05, 3.63) is 24.3 Å². The molecule has 0 saturated heterocycles. The molecule has 0 aliphatic heterocycles. The summed E-state index contributed by atoms with van der Waals surface area (Å²) >= 11 is 0. The van der Waals surface area contributed by atoms with Gasteiger partial charge in [0, 0.05) is 18.3 Å². The number of carboxylic acid groups (broad SMARTS) is 1. The second-order valence-corrected chi connectivity index (χ2v) is 6.26. The predicted octanol–water partition coefficient (Wildman–Crippen LogP) is 5.04. The van der Waals surface area contributed by atoms with E-state index >= 15 is 0 Å². The number of unbranched alkanes of at least 4 members (excludes halogenated alkanes) is 9. The number of aliphatic carboxylic acids is 1. The molecule has 5 nitrogen and oxygen atoms in total. The zero-order valence-electron chi connectivity index (χ0n) is 16.7. The van der Waals surface area contributed by atoms with Gasteiger partial charge in [-0.15, -0.1) is 0 Å². The summed E-state index contributed by atoms with van der Waals surface area (Å²) in [6.45, 7) is 7.65. The van der Waals surface area contributed by atoms with Crippen LogP contribution in [0.3, 0.4) is 0 Å². The minimum atomic E-state index is -0.927. The zero-order chi connectivity index (χ0) is 20.0. The third kappa shape index (κ3) is 22.4. The van der Waals surface area contributed by atoms with Crippen LogP contribution in [0.2, 0.25) is 0 Å². The van der Waals surface area contributed by atoms with Crippen LogP contribution in [0.1, 0.15) is 84.5 Å². The molecule has 0 atom stereocenters. The number of rotatable bonds is 15. The highest BCUT2D eigenvalue weighted by molar-refractivity contribution is 5.85. The number of carboxylic acids is 1. The van der Waals surface area contributed by atoms with Gasteiger partial charge < -0.3 is 14.9 Å². The monoisotopic (exact) mass is 370 g/mol. The standard InChI is InChI=1S/C15H28O2.C6H10O3/c1-3-5-6-7-8-9-10-11-12-13-14-17-15(16)4-2;1-5(6(8)9)3-2-4-7/h4H,2-3,5-14H2,1H3;3,7H,2,4H2,1H3,(H,8,9). The Morgan fingerprint density at radius 2 is 1.46 bits per heavy atom. The lowest BCUT2D eigenvalue weighted by Gasteiger charge is -2.03. The summed E-state index contributed by atoms with van der Waals surface area (Å²) in [4.78, 5) is 20.8. The minimum Gasteiger partial charge on any atom is -0.478 e. The molecule has 0 saturated carbocycles. The molecule has 0 aliphatic carbocycles. The van der Waals surface area contributed by atoms with E-state index in [9.17, 15) is 9.59 Å². The van der Waals surface area contributed by atoms with Crippen molar-refractivity contribution in [2.75, 3.05) is 13.2 Å². The average molecular weight is 371 g/mol. The zero-order valence-corrected chi connectivity index (χ0v) is 16.7. The molecule has 0 amide bonds. The summed E-state index contributed by atoms with van der Waals surface area (Å²) in [5, 5.41) is 16.5. The van der Waals surface area contributed by atoms with Crippen LogP contribution in [0.25, 0.3) is 0 Å². The first-order valence-electron chi connectivity index (χ1n) is 9.79. The Hall–Kier alpha value is -1.62. The maximum absolute atomic E-state index is 10.7. The number of esters is 1. The Balaban J connectivity index is 0. The first-order valence-corrected chi connectivity index (χ1v) is 9.79. The van der Waals surface area contributed by atoms with E-state index in [1.807, 2.05) is 0 Å². The van der Waals surface area contributed by atoms with Crippen molar-refractivity contribution in [3.8, 4) is 0 Å². The number of ether oxygens (including phenoxy) is 1. The van der Waals surface area contributed by atoms with Gasteiger partial charge in [-0.2, -0.15) is 0 Å². The van der Waals surface area contributed by atoms with E-state index < -0.39 is 5.97 Å². The average Bonchev–Trinajstić information content (AvgIpc) is 2.64. The van der Waals surface area contributed by atoms with E-state index in [2.05, 4.69) is 13.5 Å². The fourth-order valence-corrected chi connectivity index (χ4v) is 2.19. The van der Waals surface area contributed by atoms with Gasteiger partial charge >= 0.3 is 11.9 Å². The molecule has 2 N–H and O–H groups in total. The molecular formula is C21H38O5. The maximum atomic E-state index is 10.7. The highest BCUT2D eigenvalue weighted by Crippen LogP contribution is 2.10. The molecule has 0 aromatic rings. The number of hydrogen-bond acceptors (Lipinski definition) is 4. The molecule has 0 spiro atoms. The quantitative estimate of drug-likeness (QED) is 0.240. The molecule has 0 rings (SSSR count). The minimum absolute atomic E-state index is 0.00458. The fourth-order valence-electron chi connectivity index (χ4n) is 2.19. The third-order valence-electron chi connectivity index (χ3n) is 3.83. The van der Waals surface area contributed by atoms with Crippen LogP contribution in [0.15, 0.2) is 24.3 Å². The van der Waals surface area contributed by atoms with E-state index in [1.54, 1.807) is 0 Å². The van der Waals surface area contributed by atoms with E-state index in [4.69, 9.17) is 14.9 Å². The van der Waals surface area contributed by atoms with Crippen LogP contribution in [0.4, 0.5) is 0 Å². The van der Waals surface area contributed by atoms with Crippen LogP contribution in [0, 0.1) is 0 Å². The van der Waals surface area contributed by atoms with Crippen LogP contribution < -0.4 is 0 Å². The first kappa shape index (κ1) is 26.6. The van der Waals surface area contributed by atoms with Crippen molar-refractivity contribution in [1.29, 1.82) is 0 Å². The maximum Gasteiger partial charge on any atom is 0.330 e. The van der Waals surface area contributed by atoms with E-state index in [0.29, 0.717) is 13.0 Å².